The molecule has 1 aliphatic heterocycles. The topological polar surface area (TPSA) is 66.4 Å². The van der Waals surface area contributed by atoms with Gasteiger partial charge in [0.25, 0.3) is 0 Å². The van der Waals surface area contributed by atoms with E-state index in [4.69, 9.17) is 4.98 Å². The Morgan fingerprint density at radius 3 is 2.97 bits per heavy atom. The molecule has 0 saturated heterocycles. The Kier molecular flexibility index (Phi) is 6.67. The Balaban J connectivity index is 1.64. The monoisotopic (exact) mass is 504 g/mol. The SMILES string of the molecule is CC[C@H](C)NCCC(=O)Nc1sc2c(c1-c1nc3cc(Br)ccc3s1)CC(C)=NC2. The third kappa shape index (κ3) is 4.66. The van der Waals surface area contributed by atoms with Crippen molar-refractivity contribution in [2.24, 2.45) is 4.99 Å². The van der Waals surface area contributed by atoms with Crippen LogP contribution in [0, 0.1) is 0 Å². The molecule has 0 fully saturated rings. The number of thiazole rings is 1. The van der Waals surface area contributed by atoms with Crippen molar-refractivity contribution < 1.29 is 4.79 Å². The zero-order chi connectivity index (χ0) is 21.3. The maximum atomic E-state index is 12.7. The first-order chi connectivity index (χ1) is 14.4. The molecule has 1 atom stereocenters. The molecule has 0 radical (unpaired) electrons. The quantitative estimate of drug-likeness (QED) is 0.413. The minimum Gasteiger partial charge on any atom is -0.317 e. The van der Waals surface area contributed by atoms with Crippen LogP contribution in [0.5, 0.6) is 0 Å². The Morgan fingerprint density at radius 2 is 2.17 bits per heavy atom. The first-order valence-electron chi connectivity index (χ1n) is 10.2. The molecule has 4 rings (SSSR count). The average Bonchev–Trinajstić information content (AvgIpc) is 3.27. The van der Waals surface area contributed by atoms with Crippen molar-refractivity contribution >= 4 is 65.4 Å². The van der Waals surface area contributed by atoms with Crippen LogP contribution in [0.3, 0.4) is 0 Å². The number of rotatable bonds is 7. The van der Waals surface area contributed by atoms with Crippen LogP contribution in [0.25, 0.3) is 20.8 Å². The summed E-state index contributed by atoms with van der Waals surface area (Å²) < 4.78 is 2.16. The Hall–Kier alpha value is -1.61. The highest BCUT2D eigenvalue weighted by molar-refractivity contribution is 9.10. The van der Waals surface area contributed by atoms with Gasteiger partial charge in [0.05, 0.1) is 16.8 Å². The molecule has 0 unspecified atom stereocenters. The molecule has 8 heteroatoms. The van der Waals surface area contributed by atoms with Gasteiger partial charge in [-0.15, -0.1) is 22.7 Å². The van der Waals surface area contributed by atoms with E-state index in [1.54, 1.807) is 22.7 Å². The molecular weight excluding hydrogens is 480 g/mol. The summed E-state index contributed by atoms with van der Waals surface area (Å²) in [5, 5.41) is 8.42. The molecule has 1 aromatic carbocycles. The van der Waals surface area contributed by atoms with Gasteiger partial charge in [-0.25, -0.2) is 4.98 Å². The Bertz CT molecular complexity index is 1120. The number of aromatic nitrogens is 1. The van der Waals surface area contributed by atoms with Crippen LogP contribution in [0.2, 0.25) is 0 Å². The van der Waals surface area contributed by atoms with Crippen LogP contribution in [0.4, 0.5) is 5.00 Å². The molecule has 0 saturated carbocycles. The highest BCUT2D eigenvalue weighted by atomic mass is 79.9. The summed E-state index contributed by atoms with van der Waals surface area (Å²) in [6.45, 7) is 7.70. The Labute approximate surface area is 193 Å². The first-order valence-corrected chi connectivity index (χ1v) is 12.6. The lowest BCUT2D eigenvalue weighted by Crippen LogP contribution is -2.28. The molecule has 5 nitrogen and oxygen atoms in total. The van der Waals surface area contributed by atoms with Gasteiger partial charge in [0.1, 0.15) is 10.0 Å². The van der Waals surface area contributed by atoms with E-state index in [0.29, 0.717) is 25.6 Å². The van der Waals surface area contributed by atoms with Crippen LogP contribution in [-0.4, -0.2) is 29.2 Å². The lowest BCUT2D eigenvalue weighted by Gasteiger charge is -2.12. The van der Waals surface area contributed by atoms with Gasteiger partial charge in [-0.1, -0.05) is 22.9 Å². The zero-order valence-electron chi connectivity index (χ0n) is 17.3. The summed E-state index contributed by atoms with van der Waals surface area (Å²) in [7, 11) is 0. The highest BCUT2D eigenvalue weighted by Gasteiger charge is 2.25. The van der Waals surface area contributed by atoms with Gasteiger partial charge in [-0.2, -0.15) is 0 Å². The second-order valence-corrected chi connectivity index (χ2v) is 10.7. The van der Waals surface area contributed by atoms with Crippen LogP contribution >= 0.6 is 38.6 Å². The molecule has 2 N–H and O–H groups in total. The highest BCUT2D eigenvalue weighted by Crippen LogP contribution is 2.45. The maximum absolute atomic E-state index is 12.7. The van der Waals surface area contributed by atoms with E-state index in [1.807, 2.05) is 12.1 Å². The number of nitrogens with one attached hydrogen (secondary N) is 2. The second-order valence-electron chi connectivity index (χ2n) is 7.63. The number of fused-ring (bicyclic) bond motifs is 2. The zero-order valence-corrected chi connectivity index (χ0v) is 20.6. The van der Waals surface area contributed by atoms with Gasteiger partial charge in [-0.3, -0.25) is 9.79 Å². The summed E-state index contributed by atoms with van der Waals surface area (Å²) in [6, 6.07) is 6.59. The number of amides is 1. The van der Waals surface area contributed by atoms with E-state index < -0.39 is 0 Å². The first kappa shape index (κ1) is 21.6. The summed E-state index contributed by atoms with van der Waals surface area (Å²) >= 11 is 6.85. The molecule has 0 aliphatic carbocycles. The number of carbonyl (C=O) groups is 1. The lowest BCUT2D eigenvalue weighted by atomic mass is 10.0. The third-order valence-corrected chi connectivity index (χ3v) is 7.97. The van der Waals surface area contributed by atoms with E-state index in [-0.39, 0.29) is 5.91 Å². The lowest BCUT2D eigenvalue weighted by molar-refractivity contribution is -0.116. The molecule has 3 aromatic rings. The number of hydrogen-bond donors (Lipinski definition) is 2. The van der Waals surface area contributed by atoms with Gasteiger partial charge in [-0.05, 0) is 44.0 Å². The number of anilines is 1. The van der Waals surface area contributed by atoms with E-state index >= 15 is 0 Å². The van der Waals surface area contributed by atoms with E-state index in [9.17, 15) is 4.79 Å². The summed E-state index contributed by atoms with van der Waals surface area (Å²) in [4.78, 5) is 23.4. The largest absolute Gasteiger partial charge is 0.317 e. The van der Waals surface area contributed by atoms with Gasteiger partial charge in [0.2, 0.25) is 5.91 Å². The number of halogens is 1. The van der Waals surface area contributed by atoms with Crippen molar-refractivity contribution in [3.05, 3.63) is 33.1 Å². The number of thiophene rings is 1. The fourth-order valence-electron chi connectivity index (χ4n) is 3.43. The fraction of sp³-hybridized carbons (Fsp3) is 0.409. The van der Waals surface area contributed by atoms with Crippen LogP contribution in [0.15, 0.2) is 27.7 Å². The number of nitrogens with zero attached hydrogens (tertiary/aromatic N) is 2. The maximum Gasteiger partial charge on any atom is 0.226 e. The molecule has 158 valence electrons. The van der Waals surface area contributed by atoms with Crippen LogP contribution < -0.4 is 10.6 Å². The molecule has 0 spiro atoms. The van der Waals surface area contributed by atoms with E-state index in [0.717, 1.165) is 48.8 Å². The summed E-state index contributed by atoms with van der Waals surface area (Å²) in [5.74, 6) is 0.0344. The van der Waals surface area contributed by atoms with Gasteiger partial charge in [0.15, 0.2) is 0 Å². The number of aliphatic imine (C=N–C) groups is 1. The molecule has 1 aliphatic rings. The minimum absolute atomic E-state index is 0.0344. The van der Waals surface area contributed by atoms with E-state index in [1.165, 1.54) is 10.4 Å². The third-order valence-electron chi connectivity index (χ3n) is 5.29. The second kappa shape index (κ2) is 9.26. The van der Waals surface area contributed by atoms with Crippen LogP contribution in [0.1, 0.15) is 44.1 Å². The average molecular weight is 506 g/mol. The Morgan fingerprint density at radius 1 is 1.33 bits per heavy atom. The normalized spacial score (nSPS) is 14.5. The minimum atomic E-state index is 0.0344. The van der Waals surface area contributed by atoms with Crippen LogP contribution in [-0.2, 0) is 17.8 Å². The standard InChI is InChI=1S/C22H25BrN4OS2/c1-4-12(2)24-8-7-19(28)27-22-20(15-9-13(3)25-11-18(15)30-22)21-26-16-10-14(23)5-6-17(16)29-21/h5-6,10,12,24H,4,7-9,11H2,1-3H3,(H,27,28)/t12-/m0/s1. The van der Waals surface area contributed by atoms with Gasteiger partial charge >= 0.3 is 0 Å². The fourth-order valence-corrected chi connectivity index (χ4v) is 6.03. The smallest absolute Gasteiger partial charge is 0.226 e. The molecular formula is C22H25BrN4OS2. The van der Waals surface area contributed by atoms with Crippen molar-refractivity contribution in [1.82, 2.24) is 10.3 Å². The number of carbonyl (C=O) groups excluding carboxylic acids is 1. The van der Waals surface area contributed by atoms with Crippen molar-refractivity contribution in [3.8, 4) is 10.6 Å². The predicted molar refractivity (Wildman–Crippen MR) is 132 cm³/mol. The van der Waals surface area contributed by atoms with Gasteiger partial charge in [0, 0.05) is 46.1 Å². The van der Waals surface area contributed by atoms with E-state index in [2.05, 4.69) is 58.4 Å². The molecule has 3 heterocycles. The molecule has 30 heavy (non-hydrogen) atoms. The number of benzene rings is 1. The summed E-state index contributed by atoms with van der Waals surface area (Å²) in [6.07, 6.45) is 2.32. The summed E-state index contributed by atoms with van der Waals surface area (Å²) in [5.41, 5.74) is 4.44. The molecule has 1 amide bonds. The van der Waals surface area contributed by atoms with Crippen molar-refractivity contribution in [2.45, 2.75) is 52.6 Å². The predicted octanol–water partition coefficient (Wildman–Crippen LogP) is 6.02. The van der Waals surface area contributed by atoms with Gasteiger partial charge < -0.3 is 10.6 Å². The van der Waals surface area contributed by atoms with Crippen molar-refractivity contribution in [2.75, 3.05) is 11.9 Å². The number of hydrogen-bond acceptors (Lipinski definition) is 6. The van der Waals surface area contributed by atoms with Crippen molar-refractivity contribution in [3.63, 3.8) is 0 Å². The molecule has 0 bridgehead atoms. The van der Waals surface area contributed by atoms with Crippen molar-refractivity contribution in [1.29, 1.82) is 0 Å². The molecule has 2 aromatic heterocycles.